The van der Waals surface area contributed by atoms with Crippen LogP contribution in [0.5, 0.6) is 0 Å². The average Bonchev–Trinajstić information content (AvgIpc) is 2.60. The largest absolute Gasteiger partial charge is 0.439 e. The lowest BCUT2D eigenvalue weighted by Crippen LogP contribution is -2.55. The number of carbonyl (C=O) groups excluding carboxylic acids is 2. The van der Waals surface area contributed by atoms with Crippen molar-refractivity contribution in [3.05, 3.63) is 71.8 Å². The van der Waals surface area contributed by atoms with Crippen LogP contribution >= 0.6 is 0 Å². The molecule has 138 valence electrons. The van der Waals surface area contributed by atoms with Crippen molar-refractivity contribution in [2.75, 3.05) is 0 Å². The van der Waals surface area contributed by atoms with E-state index in [9.17, 15) is 19.8 Å². The Labute approximate surface area is 152 Å². The fourth-order valence-corrected chi connectivity index (χ4v) is 2.97. The van der Waals surface area contributed by atoms with Crippen LogP contribution in [-0.2, 0) is 19.9 Å². The van der Waals surface area contributed by atoms with Gasteiger partial charge in [0.25, 0.3) is 5.91 Å². The summed E-state index contributed by atoms with van der Waals surface area (Å²) < 4.78 is 5.60. The van der Waals surface area contributed by atoms with Crippen LogP contribution in [0, 0.1) is 0 Å². The van der Waals surface area contributed by atoms with Crippen LogP contribution in [0.1, 0.15) is 31.9 Å². The van der Waals surface area contributed by atoms with E-state index in [2.05, 4.69) is 0 Å². The molecule has 0 spiro atoms. The fraction of sp³-hybridized carbons (Fsp3) is 0.300. The summed E-state index contributed by atoms with van der Waals surface area (Å²) in [6, 6.07) is 17.1. The summed E-state index contributed by atoms with van der Waals surface area (Å²) in [5.74, 6) is -1.41. The van der Waals surface area contributed by atoms with E-state index in [-0.39, 0.29) is 0 Å². The molecule has 2 aromatic carbocycles. The molecule has 26 heavy (non-hydrogen) atoms. The van der Waals surface area contributed by atoms with Gasteiger partial charge in [0.1, 0.15) is 12.5 Å². The average molecular weight is 357 g/mol. The van der Waals surface area contributed by atoms with E-state index in [1.54, 1.807) is 60.7 Å². The Kier molecular flexibility index (Phi) is 6.13. The summed E-state index contributed by atoms with van der Waals surface area (Å²) in [5.41, 5.74) is -1.00. The second kappa shape index (κ2) is 8.12. The van der Waals surface area contributed by atoms with Gasteiger partial charge in [-0.25, -0.2) is 0 Å². The number of ether oxygens (including phenoxy) is 1. The molecule has 0 fully saturated rings. The molecule has 0 aliphatic heterocycles. The zero-order valence-electron chi connectivity index (χ0n) is 15.0. The topological polar surface area (TPSA) is 87.1 Å². The van der Waals surface area contributed by atoms with Crippen LogP contribution in [0.2, 0.25) is 0 Å². The second-order valence-electron chi connectivity index (χ2n) is 5.98. The molecule has 0 aliphatic rings. The van der Waals surface area contributed by atoms with Gasteiger partial charge >= 0.3 is 5.97 Å². The highest BCUT2D eigenvalue weighted by atomic mass is 16.6. The van der Waals surface area contributed by atoms with E-state index in [1.165, 1.54) is 20.8 Å². The molecule has 0 aromatic heterocycles. The zero-order valence-corrected chi connectivity index (χ0v) is 15.0. The lowest BCUT2D eigenvalue weighted by atomic mass is 9.84. The van der Waals surface area contributed by atoms with Crippen molar-refractivity contribution in [3.8, 4) is 0 Å². The van der Waals surface area contributed by atoms with E-state index in [0.29, 0.717) is 11.1 Å². The summed E-state index contributed by atoms with van der Waals surface area (Å²) in [6.45, 7) is 3.93. The summed E-state index contributed by atoms with van der Waals surface area (Å²) >= 11 is 0. The molecule has 2 unspecified atom stereocenters. The first-order valence-corrected chi connectivity index (χ1v) is 8.30. The van der Waals surface area contributed by atoms with Gasteiger partial charge in [0.05, 0.1) is 0 Å². The number of amides is 1. The number of nitrogens with zero attached hydrogens (tertiary/aromatic N) is 1. The van der Waals surface area contributed by atoms with Crippen molar-refractivity contribution in [2.24, 2.45) is 0 Å². The van der Waals surface area contributed by atoms with E-state index in [4.69, 9.17) is 4.74 Å². The molecule has 0 aliphatic carbocycles. The molecule has 6 heteroatoms. The van der Waals surface area contributed by atoms with Gasteiger partial charge in [0.15, 0.2) is 0 Å². The Morgan fingerprint density at radius 1 is 0.885 bits per heavy atom. The number of hydrogen-bond donors (Lipinski definition) is 2. The van der Waals surface area contributed by atoms with Crippen molar-refractivity contribution in [2.45, 2.75) is 38.8 Å². The third-order valence-electron chi connectivity index (χ3n) is 4.00. The quantitative estimate of drug-likeness (QED) is 0.610. The molecule has 2 aromatic rings. The van der Waals surface area contributed by atoms with E-state index in [0.717, 1.165) is 4.90 Å². The van der Waals surface area contributed by atoms with Gasteiger partial charge < -0.3 is 14.9 Å². The molecule has 0 heterocycles. The molecular formula is C20H23NO5. The normalized spacial score (nSPS) is 13.6. The molecule has 2 rings (SSSR count). The maximum Gasteiger partial charge on any atom is 0.304 e. The summed E-state index contributed by atoms with van der Waals surface area (Å²) in [6.07, 6.45) is -2.57. The van der Waals surface area contributed by atoms with Crippen LogP contribution in [0.15, 0.2) is 60.7 Å². The Morgan fingerprint density at radius 2 is 1.27 bits per heavy atom. The number of benzene rings is 2. The van der Waals surface area contributed by atoms with Crippen LogP contribution in [0.25, 0.3) is 0 Å². The number of esters is 1. The van der Waals surface area contributed by atoms with E-state index >= 15 is 0 Å². The van der Waals surface area contributed by atoms with Crippen molar-refractivity contribution < 1.29 is 24.5 Å². The van der Waals surface area contributed by atoms with Crippen LogP contribution < -0.4 is 0 Å². The summed E-state index contributed by atoms with van der Waals surface area (Å²) in [7, 11) is 0. The Bertz CT molecular complexity index is 696. The standard InChI is InChI=1S/C20H23NO5/c1-14(22)21(15(2)23)19(25)20(26-16(3)24,17-10-6-4-7-11-17)18-12-8-5-9-13-18/h4-15,22-23H,1-3H3. The minimum Gasteiger partial charge on any atom is -0.439 e. The highest BCUT2D eigenvalue weighted by Crippen LogP contribution is 2.37. The maximum absolute atomic E-state index is 13.5. The van der Waals surface area contributed by atoms with Crippen LogP contribution in [0.3, 0.4) is 0 Å². The number of carbonyl (C=O) groups is 2. The predicted octanol–water partition coefficient (Wildman–Crippen LogP) is 2.00. The highest BCUT2D eigenvalue weighted by molar-refractivity contribution is 5.92. The minimum absolute atomic E-state index is 0.415. The lowest BCUT2D eigenvalue weighted by Gasteiger charge is -2.39. The monoisotopic (exact) mass is 357 g/mol. The second-order valence-corrected chi connectivity index (χ2v) is 5.98. The molecule has 0 saturated carbocycles. The summed E-state index contributed by atoms with van der Waals surface area (Å²) in [4.78, 5) is 26.3. The number of aliphatic hydroxyl groups is 2. The third-order valence-corrected chi connectivity index (χ3v) is 4.00. The Balaban J connectivity index is 2.78. The molecule has 0 saturated heterocycles. The van der Waals surface area contributed by atoms with Gasteiger partial charge in [0.2, 0.25) is 5.60 Å². The van der Waals surface area contributed by atoms with Gasteiger partial charge in [-0.3, -0.25) is 14.5 Å². The van der Waals surface area contributed by atoms with E-state index in [1.807, 2.05) is 0 Å². The lowest BCUT2D eigenvalue weighted by molar-refractivity contribution is -0.184. The van der Waals surface area contributed by atoms with Gasteiger partial charge in [-0.1, -0.05) is 60.7 Å². The van der Waals surface area contributed by atoms with Gasteiger partial charge in [-0.05, 0) is 13.8 Å². The predicted molar refractivity (Wildman–Crippen MR) is 95.6 cm³/mol. The van der Waals surface area contributed by atoms with Crippen LogP contribution in [0.4, 0.5) is 0 Å². The van der Waals surface area contributed by atoms with Crippen molar-refractivity contribution in [1.82, 2.24) is 4.90 Å². The molecular weight excluding hydrogens is 334 g/mol. The van der Waals surface area contributed by atoms with Gasteiger partial charge in [0, 0.05) is 18.1 Å². The smallest absolute Gasteiger partial charge is 0.304 e. The molecule has 2 atom stereocenters. The first-order valence-electron chi connectivity index (χ1n) is 8.30. The van der Waals surface area contributed by atoms with Gasteiger partial charge in [-0.15, -0.1) is 0 Å². The number of rotatable bonds is 6. The molecule has 0 bridgehead atoms. The van der Waals surface area contributed by atoms with Gasteiger partial charge in [-0.2, -0.15) is 0 Å². The first-order chi connectivity index (χ1) is 12.3. The summed E-state index contributed by atoms with van der Waals surface area (Å²) in [5, 5.41) is 20.1. The fourth-order valence-electron chi connectivity index (χ4n) is 2.97. The highest BCUT2D eigenvalue weighted by Gasteiger charge is 2.49. The van der Waals surface area contributed by atoms with Crippen molar-refractivity contribution in [1.29, 1.82) is 0 Å². The van der Waals surface area contributed by atoms with Crippen LogP contribution in [-0.4, -0.2) is 39.4 Å². The molecule has 1 amide bonds. The zero-order chi connectivity index (χ0) is 19.3. The van der Waals surface area contributed by atoms with Crippen molar-refractivity contribution >= 4 is 11.9 Å². The molecule has 0 radical (unpaired) electrons. The molecule has 2 N–H and O–H groups in total. The first kappa shape index (κ1) is 19.6. The van der Waals surface area contributed by atoms with Crippen molar-refractivity contribution in [3.63, 3.8) is 0 Å². The SMILES string of the molecule is CC(=O)OC(C(=O)N(C(C)O)C(C)O)(c1ccccc1)c1ccccc1. The molecule has 6 nitrogen and oxygen atoms in total. The third kappa shape index (κ3) is 3.76. The van der Waals surface area contributed by atoms with E-state index < -0.39 is 29.9 Å². The maximum atomic E-state index is 13.5. The Hall–Kier alpha value is -2.70. The minimum atomic E-state index is -1.83. The number of aliphatic hydroxyl groups excluding tert-OH is 2. The Morgan fingerprint density at radius 3 is 1.58 bits per heavy atom. The number of hydrogen-bond acceptors (Lipinski definition) is 5.